The Bertz CT molecular complexity index is 1300. The summed E-state index contributed by atoms with van der Waals surface area (Å²) < 4.78 is 0. The average Bonchev–Trinajstić information content (AvgIpc) is 3.11. The van der Waals surface area contributed by atoms with E-state index < -0.39 is 29.8 Å². The minimum Gasteiger partial charge on any atom is -0.480 e. The molecule has 0 radical (unpaired) electrons. The summed E-state index contributed by atoms with van der Waals surface area (Å²) in [6.45, 7) is 3.73. The zero-order valence-electron chi connectivity index (χ0n) is 32.5. The zero-order valence-corrected chi connectivity index (χ0v) is 32.5. The maximum Gasteiger partial charge on any atom is 0.317 e. The molecule has 23 heteroatoms. The van der Waals surface area contributed by atoms with Crippen molar-refractivity contribution in [1.82, 2.24) is 49.8 Å². The second-order valence-electron chi connectivity index (χ2n) is 14.1. The van der Waals surface area contributed by atoms with Crippen LogP contribution < -0.4 is 10.6 Å². The largest absolute Gasteiger partial charge is 0.480 e. The van der Waals surface area contributed by atoms with Crippen LogP contribution in [0.1, 0.15) is 0 Å². The molecule has 0 unspecified atom stereocenters. The van der Waals surface area contributed by atoms with Gasteiger partial charge in [0.1, 0.15) is 6.29 Å². The SMILES string of the molecule is O=CCN1CCN(CC(=O)O)CCN(CC(=O)O)CCN(CC(=O)NCCNC(=O)CN2CCN(CC(=O)O)CCN(CC(=O)O)CCN(CC(=O)O)CC2)CC1. The Balaban J connectivity index is 1.97. The molecule has 2 saturated heterocycles. The molecule has 7 N–H and O–H groups in total. The van der Waals surface area contributed by atoms with E-state index in [1.807, 2.05) is 9.80 Å². The van der Waals surface area contributed by atoms with Gasteiger partial charge >= 0.3 is 29.8 Å². The Hall–Kier alpha value is -4.36. The summed E-state index contributed by atoms with van der Waals surface area (Å²) in [7, 11) is 0. The molecule has 0 spiro atoms. The van der Waals surface area contributed by atoms with Gasteiger partial charge in [0.05, 0.1) is 52.4 Å². The fourth-order valence-electron chi connectivity index (χ4n) is 6.43. The second kappa shape index (κ2) is 27.3. The summed E-state index contributed by atoms with van der Waals surface area (Å²) in [4.78, 5) is 109. The molecule has 2 aliphatic rings. The van der Waals surface area contributed by atoms with Crippen LogP contribution in [0.5, 0.6) is 0 Å². The van der Waals surface area contributed by atoms with Gasteiger partial charge in [-0.05, 0) is 0 Å². The van der Waals surface area contributed by atoms with Crippen molar-refractivity contribution >= 4 is 47.9 Å². The van der Waals surface area contributed by atoms with Crippen LogP contribution in [0.2, 0.25) is 0 Å². The van der Waals surface area contributed by atoms with Gasteiger partial charge in [0, 0.05) is 118 Å². The molecular formula is C34H60N10O13. The standard InChI is InChI=1S/C34H60N10O13/c45-20-19-37-3-5-38(7-10-41(24-31(50)51)14-13-40(6-4-37)23-30(48)49)21-28(46)35-1-2-36-29(47)22-39-8-11-42(25-32(52)53)15-17-44(27-34(56)57)18-16-43(12-9-39)26-33(54)55/h20H,1-19,21-27H2,(H,35,46)(H,36,47)(H,48,49)(H,50,51)(H,52,53)(H,54,55)(H,56,57). The van der Waals surface area contributed by atoms with Gasteiger partial charge in [0.15, 0.2) is 0 Å². The number of aliphatic carboxylic acids is 5. The molecule has 0 aliphatic carbocycles. The van der Waals surface area contributed by atoms with Crippen molar-refractivity contribution in [2.75, 3.05) is 170 Å². The molecule has 324 valence electrons. The fourth-order valence-corrected chi connectivity index (χ4v) is 6.43. The van der Waals surface area contributed by atoms with Crippen LogP contribution in [0.25, 0.3) is 0 Å². The lowest BCUT2D eigenvalue weighted by molar-refractivity contribution is -0.140. The first kappa shape index (κ1) is 48.8. The molecule has 2 amide bonds. The topological polar surface area (TPSA) is 288 Å². The predicted octanol–water partition coefficient (Wildman–Crippen LogP) is -5.72. The summed E-state index contributed by atoms with van der Waals surface area (Å²) in [5, 5.41) is 52.5. The monoisotopic (exact) mass is 816 g/mol. The van der Waals surface area contributed by atoms with Crippen LogP contribution in [-0.4, -0.2) is 283 Å². The van der Waals surface area contributed by atoms with Crippen molar-refractivity contribution in [3.8, 4) is 0 Å². The summed E-state index contributed by atoms with van der Waals surface area (Å²) in [5.74, 6) is -5.91. The molecule has 2 aliphatic heterocycles. The Morgan fingerprint density at radius 3 is 0.737 bits per heavy atom. The number of nitrogens with one attached hydrogen (secondary N) is 2. The molecule has 0 bridgehead atoms. The number of carboxylic acid groups (broad SMARTS) is 5. The maximum atomic E-state index is 13.0. The Labute approximate surface area is 331 Å². The molecule has 0 atom stereocenters. The first-order chi connectivity index (χ1) is 27.1. The molecule has 23 nitrogen and oxygen atoms in total. The van der Waals surface area contributed by atoms with E-state index in [0.29, 0.717) is 52.4 Å². The van der Waals surface area contributed by atoms with Gasteiger partial charge in [-0.15, -0.1) is 0 Å². The first-order valence-electron chi connectivity index (χ1n) is 19.0. The van der Waals surface area contributed by atoms with Crippen LogP contribution >= 0.6 is 0 Å². The number of carbonyl (C=O) groups excluding carboxylic acids is 3. The van der Waals surface area contributed by atoms with Gasteiger partial charge in [-0.3, -0.25) is 72.8 Å². The van der Waals surface area contributed by atoms with Gasteiger partial charge in [0.2, 0.25) is 11.8 Å². The highest BCUT2D eigenvalue weighted by molar-refractivity contribution is 5.79. The van der Waals surface area contributed by atoms with Gasteiger partial charge in [0.25, 0.3) is 0 Å². The van der Waals surface area contributed by atoms with E-state index in [0.717, 1.165) is 6.29 Å². The molecule has 2 heterocycles. The molecule has 0 aromatic carbocycles. The highest BCUT2D eigenvalue weighted by atomic mass is 16.4. The van der Waals surface area contributed by atoms with E-state index in [-0.39, 0.29) is 130 Å². The smallest absolute Gasteiger partial charge is 0.317 e. The molecule has 0 aromatic heterocycles. The number of hydrogen-bond acceptors (Lipinski definition) is 16. The summed E-state index contributed by atoms with van der Waals surface area (Å²) in [6.07, 6.45) is 0.758. The van der Waals surface area contributed by atoms with E-state index in [4.69, 9.17) is 0 Å². The van der Waals surface area contributed by atoms with Crippen LogP contribution in [0.3, 0.4) is 0 Å². The molecule has 0 aromatic rings. The lowest BCUT2D eigenvalue weighted by atomic mass is 10.3. The highest BCUT2D eigenvalue weighted by Gasteiger charge is 2.23. The van der Waals surface area contributed by atoms with Crippen molar-refractivity contribution in [3.05, 3.63) is 0 Å². The van der Waals surface area contributed by atoms with Crippen LogP contribution in [0.15, 0.2) is 0 Å². The van der Waals surface area contributed by atoms with Crippen molar-refractivity contribution in [3.63, 3.8) is 0 Å². The highest BCUT2D eigenvalue weighted by Crippen LogP contribution is 2.03. The lowest BCUT2D eigenvalue weighted by Gasteiger charge is -2.33. The van der Waals surface area contributed by atoms with Crippen LogP contribution in [0.4, 0.5) is 0 Å². The van der Waals surface area contributed by atoms with E-state index in [9.17, 15) is 63.9 Å². The minimum absolute atomic E-state index is 0.0313. The molecule has 2 fully saturated rings. The third-order valence-corrected chi connectivity index (χ3v) is 9.49. The Morgan fingerprint density at radius 2 is 0.544 bits per heavy atom. The van der Waals surface area contributed by atoms with E-state index >= 15 is 0 Å². The van der Waals surface area contributed by atoms with Crippen molar-refractivity contribution in [2.45, 2.75) is 0 Å². The molecule has 2 rings (SSSR count). The van der Waals surface area contributed by atoms with Crippen LogP contribution in [-0.2, 0) is 38.4 Å². The van der Waals surface area contributed by atoms with Gasteiger partial charge in [-0.25, -0.2) is 0 Å². The minimum atomic E-state index is -1.06. The summed E-state index contributed by atoms with van der Waals surface area (Å²) >= 11 is 0. The van der Waals surface area contributed by atoms with Gasteiger partial charge < -0.3 is 41.0 Å². The second-order valence-corrected chi connectivity index (χ2v) is 14.1. The normalized spacial score (nSPS) is 19.5. The van der Waals surface area contributed by atoms with Crippen molar-refractivity contribution < 1.29 is 63.9 Å². The summed E-state index contributed by atoms with van der Waals surface area (Å²) in [6, 6.07) is 0. The number of carboxylic acids is 5. The number of rotatable bonds is 19. The Morgan fingerprint density at radius 1 is 0.351 bits per heavy atom. The van der Waals surface area contributed by atoms with Crippen molar-refractivity contribution in [1.29, 1.82) is 0 Å². The Kier molecular flexibility index (Phi) is 23.4. The van der Waals surface area contributed by atoms with Gasteiger partial charge in [-0.2, -0.15) is 0 Å². The molecule has 0 saturated carbocycles. The fraction of sp³-hybridized carbons (Fsp3) is 0.765. The lowest BCUT2D eigenvalue weighted by Crippen LogP contribution is -2.50. The van der Waals surface area contributed by atoms with Crippen LogP contribution in [0, 0.1) is 0 Å². The number of carbonyl (C=O) groups is 8. The average molecular weight is 817 g/mol. The molecular weight excluding hydrogens is 756 g/mol. The molecule has 57 heavy (non-hydrogen) atoms. The van der Waals surface area contributed by atoms with E-state index in [1.54, 1.807) is 29.4 Å². The quantitative estimate of drug-likeness (QED) is 0.0472. The number of aldehydes is 1. The number of amides is 2. The predicted molar refractivity (Wildman–Crippen MR) is 202 cm³/mol. The van der Waals surface area contributed by atoms with Gasteiger partial charge in [-0.1, -0.05) is 0 Å². The first-order valence-corrected chi connectivity index (χ1v) is 19.0. The number of nitrogens with zero attached hydrogens (tertiary/aromatic N) is 8. The maximum absolute atomic E-state index is 13.0. The van der Waals surface area contributed by atoms with E-state index in [1.165, 1.54) is 0 Å². The number of hydrogen-bond donors (Lipinski definition) is 7. The zero-order chi connectivity index (χ0) is 42.2. The van der Waals surface area contributed by atoms with E-state index in [2.05, 4.69) is 10.6 Å². The summed E-state index contributed by atoms with van der Waals surface area (Å²) in [5.41, 5.74) is 0. The third-order valence-electron chi connectivity index (χ3n) is 9.49. The third kappa shape index (κ3) is 23.5. The van der Waals surface area contributed by atoms with Crippen molar-refractivity contribution in [2.24, 2.45) is 0 Å².